The summed E-state index contributed by atoms with van der Waals surface area (Å²) in [7, 11) is 3.98. The molecule has 0 aliphatic rings. The molecule has 0 heterocycles. The van der Waals surface area contributed by atoms with Gasteiger partial charge >= 0.3 is 0 Å². The second kappa shape index (κ2) is 10.0. The average molecular weight is 416 g/mol. The maximum atomic E-state index is 12.3. The Morgan fingerprint density at radius 1 is 1.08 bits per heavy atom. The molecule has 2 aromatic rings. The van der Waals surface area contributed by atoms with E-state index in [2.05, 4.69) is 10.2 Å². The molecule has 0 spiro atoms. The topological polar surface area (TPSA) is 41.6 Å². The molecule has 0 aromatic heterocycles. The zero-order valence-corrected chi connectivity index (χ0v) is 16.9. The Morgan fingerprint density at radius 2 is 1.73 bits per heavy atom. The van der Waals surface area contributed by atoms with Gasteiger partial charge in [0.1, 0.15) is 5.75 Å². The standard InChI is InChI=1S/C19H21Cl3N2O2/c1-24(2)10-9-17(13-3-5-14(20)6-4-13)23-19(25)12-26-18-8-7-15(21)11-16(18)22/h3-8,11,17H,9-10,12H2,1-2H3,(H,23,25). The average Bonchev–Trinajstić information content (AvgIpc) is 2.58. The Morgan fingerprint density at radius 3 is 2.35 bits per heavy atom. The van der Waals surface area contributed by atoms with E-state index in [1.165, 1.54) is 0 Å². The fraction of sp³-hybridized carbons (Fsp3) is 0.316. The fourth-order valence-electron chi connectivity index (χ4n) is 2.38. The summed E-state index contributed by atoms with van der Waals surface area (Å²) in [6.07, 6.45) is 0.766. The Hall–Kier alpha value is -1.46. The van der Waals surface area contributed by atoms with Gasteiger partial charge in [-0.3, -0.25) is 4.79 Å². The van der Waals surface area contributed by atoms with Crippen molar-refractivity contribution in [2.24, 2.45) is 0 Å². The van der Waals surface area contributed by atoms with Gasteiger partial charge in [-0.05, 0) is 63.0 Å². The molecule has 0 radical (unpaired) electrons. The molecular weight excluding hydrogens is 395 g/mol. The third kappa shape index (κ3) is 6.69. The molecule has 1 atom stereocenters. The van der Waals surface area contributed by atoms with Crippen molar-refractivity contribution < 1.29 is 9.53 Å². The van der Waals surface area contributed by atoms with Gasteiger partial charge in [-0.1, -0.05) is 46.9 Å². The van der Waals surface area contributed by atoms with Gasteiger partial charge in [0.05, 0.1) is 11.1 Å². The van der Waals surface area contributed by atoms with Crippen molar-refractivity contribution in [3.05, 3.63) is 63.1 Å². The quantitative estimate of drug-likeness (QED) is 0.671. The predicted octanol–water partition coefficient (Wildman–Crippen LogP) is 4.83. The van der Waals surface area contributed by atoms with Crippen LogP contribution in [-0.4, -0.2) is 38.1 Å². The molecule has 4 nitrogen and oxygen atoms in total. The monoisotopic (exact) mass is 414 g/mol. The molecular formula is C19H21Cl3N2O2. The number of carbonyl (C=O) groups is 1. The Kier molecular flexibility index (Phi) is 8.04. The molecule has 2 rings (SSSR count). The van der Waals surface area contributed by atoms with E-state index in [9.17, 15) is 4.79 Å². The molecule has 0 saturated heterocycles. The first-order valence-electron chi connectivity index (χ1n) is 8.12. The lowest BCUT2D eigenvalue weighted by Gasteiger charge is -2.21. The van der Waals surface area contributed by atoms with Crippen LogP contribution in [0.4, 0.5) is 0 Å². The maximum absolute atomic E-state index is 12.3. The van der Waals surface area contributed by atoms with Gasteiger partial charge < -0.3 is 15.0 Å². The highest BCUT2D eigenvalue weighted by atomic mass is 35.5. The van der Waals surface area contributed by atoms with E-state index in [0.29, 0.717) is 20.8 Å². The highest BCUT2D eigenvalue weighted by Crippen LogP contribution is 2.27. The Labute approximate surface area is 169 Å². The highest BCUT2D eigenvalue weighted by Gasteiger charge is 2.16. The number of rotatable bonds is 8. The number of amides is 1. The molecule has 1 amide bonds. The Bertz CT molecular complexity index is 736. The lowest BCUT2D eigenvalue weighted by Crippen LogP contribution is -2.34. The molecule has 26 heavy (non-hydrogen) atoms. The summed E-state index contributed by atoms with van der Waals surface area (Å²) in [6.45, 7) is 0.699. The molecule has 0 aliphatic heterocycles. The van der Waals surface area contributed by atoms with Crippen molar-refractivity contribution in [3.63, 3.8) is 0 Å². The minimum atomic E-state index is -0.227. The van der Waals surface area contributed by atoms with Crippen molar-refractivity contribution in [2.75, 3.05) is 27.2 Å². The van der Waals surface area contributed by atoms with Crippen LogP contribution in [0.5, 0.6) is 5.75 Å². The van der Waals surface area contributed by atoms with Crippen LogP contribution in [0.2, 0.25) is 15.1 Å². The lowest BCUT2D eigenvalue weighted by atomic mass is 10.0. The van der Waals surface area contributed by atoms with Gasteiger partial charge in [0.25, 0.3) is 5.91 Å². The molecule has 1 N–H and O–H groups in total. The number of carbonyl (C=O) groups excluding carboxylic acids is 1. The highest BCUT2D eigenvalue weighted by molar-refractivity contribution is 6.35. The third-order valence-electron chi connectivity index (χ3n) is 3.73. The number of hydrogen-bond donors (Lipinski definition) is 1. The van der Waals surface area contributed by atoms with E-state index in [0.717, 1.165) is 18.5 Å². The second-order valence-corrected chi connectivity index (χ2v) is 7.41. The van der Waals surface area contributed by atoms with Crippen LogP contribution < -0.4 is 10.1 Å². The molecule has 0 bridgehead atoms. The van der Waals surface area contributed by atoms with E-state index in [4.69, 9.17) is 39.5 Å². The van der Waals surface area contributed by atoms with Crippen molar-refractivity contribution in [1.29, 1.82) is 0 Å². The third-order valence-corrected chi connectivity index (χ3v) is 4.51. The van der Waals surface area contributed by atoms with Gasteiger partial charge in [-0.2, -0.15) is 0 Å². The van der Waals surface area contributed by atoms with Crippen LogP contribution in [0, 0.1) is 0 Å². The zero-order chi connectivity index (χ0) is 19.1. The van der Waals surface area contributed by atoms with Crippen LogP contribution in [0.15, 0.2) is 42.5 Å². The summed E-state index contributed by atoms with van der Waals surface area (Å²) in [5.74, 6) is 0.192. The lowest BCUT2D eigenvalue weighted by molar-refractivity contribution is -0.123. The second-order valence-electron chi connectivity index (χ2n) is 6.13. The van der Waals surface area contributed by atoms with Crippen molar-refractivity contribution in [3.8, 4) is 5.75 Å². The maximum Gasteiger partial charge on any atom is 0.258 e. The van der Waals surface area contributed by atoms with Gasteiger partial charge in [-0.15, -0.1) is 0 Å². The number of ether oxygens (including phenoxy) is 1. The molecule has 140 valence electrons. The molecule has 0 saturated carbocycles. The van der Waals surface area contributed by atoms with Crippen LogP contribution in [0.25, 0.3) is 0 Å². The van der Waals surface area contributed by atoms with E-state index in [-0.39, 0.29) is 18.6 Å². The van der Waals surface area contributed by atoms with Gasteiger partial charge in [-0.25, -0.2) is 0 Å². The van der Waals surface area contributed by atoms with E-state index in [1.807, 2.05) is 38.4 Å². The first-order valence-corrected chi connectivity index (χ1v) is 9.26. The molecule has 0 aliphatic carbocycles. The predicted molar refractivity (Wildman–Crippen MR) is 107 cm³/mol. The summed E-state index contributed by atoms with van der Waals surface area (Å²) < 4.78 is 5.50. The first kappa shape index (κ1) is 20.8. The van der Waals surface area contributed by atoms with Crippen LogP contribution in [0.3, 0.4) is 0 Å². The van der Waals surface area contributed by atoms with Crippen molar-refractivity contribution >= 4 is 40.7 Å². The van der Waals surface area contributed by atoms with Crippen LogP contribution >= 0.6 is 34.8 Å². The molecule has 1 unspecified atom stereocenters. The smallest absolute Gasteiger partial charge is 0.258 e. The van der Waals surface area contributed by atoms with Crippen molar-refractivity contribution in [1.82, 2.24) is 10.2 Å². The van der Waals surface area contributed by atoms with E-state index < -0.39 is 0 Å². The largest absolute Gasteiger partial charge is 0.482 e. The summed E-state index contributed by atoms with van der Waals surface area (Å²) in [4.78, 5) is 14.4. The minimum Gasteiger partial charge on any atom is -0.482 e. The van der Waals surface area contributed by atoms with Gasteiger partial charge in [0, 0.05) is 10.0 Å². The normalized spacial score (nSPS) is 12.1. The number of nitrogens with zero attached hydrogens (tertiary/aromatic N) is 1. The Balaban J connectivity index is 1.99. The summed E-state index contributed by atoms with van der Waals surface area (Å²) in [5, 5.41) is 4.55. The number of halogens is 3. The summed E-state index contributed by atoms with van der Waals surface area (Å²) >= 11 is 17.9. The van der Waals surface area contributed by atoms with E-state index in [1.54, 1.807) is 18.2 Å². The first-order chi connectivity index (χ1) is 12.3. The fourth-order valence-corrected chi connectivity index (χ4v) is 2.97. The van der Waals surface area contributed by atoms with Gasteiger partial charge in [0.15, 0.2) is 6.61 Å². The van der Waals surface area contributed by atoms with Crippen LogP contribution in [0.1, 0.15) is 18.0 Å². The SMILES string of the molecule is CN(C)CCC(NC(=O)COc1ccc(Cl)cc1Cl)c1ccc(Cl)cc1. The van der Waals surface area contributed by atoms with Gasteiger partial charge in [0.2, 0.25) is 0 Å². The van der Waals surface area contributed by atoms with Crippen LogP contribution in [-0.2, 0) is 4.79 Å². The minimum absolute atomic E-state index is 0.132. The number of benzene rings is 2. The number of hydrogen-bond acceptors (Lipinski definition) is 3. The molecule has 0 fully saturated rings. The summed E-state index contributed by atoms with van der Waals surface area (Å²) in [6, 6.07) is 12.2. The summed E-state index contributed by atoms with van der Waals surface area (Å²) in [5.41, 5.74) is 0.995. The van der Waals surface area contributed by atoms with Crippen molar-refractivity contribution in [2.45, 2.75) is 12.5 Å². The zero-order valence-electron chi connectivity index (χ0n) is 14.6. The van der Waals surface area contributed by atoms with E-state index >= 15 is 0 Å². The number of nitrogens with one attached hydrogen (secondary N) is 1. The molecule has 2 aromatic carbocycles. The molecule has 7 heteroatoms.